The van der Waals surface area contributed by atoms with E-state index < -0.39 is 0 Å². The molecule has 5 aromatic rings. The lowest BCUT2D eigenvalue weighted by atomic mass is 10.1. The van der Waals surface area contributed by atoms with E-state index in [2.05, 4.69) is 17.0 Å². The summed E-state index contributed by atoms with van der Waals surface area (Å²) in [6.07, 6.45) is 0. The maximum atomic E-state index is 13.2. The summed E-state index contributed by atoms with van der Waals surface area (Å²) in [5.41, 5.74) is 4.81. The Kier molecular flexibility index (Phi) is 6.95. The molecule has 7 heteroatoms. The molecule has 0 fully saturated rings. The number of hydrogen-bond acceptors (Lipinski definition) is 5. The van der Waals surface area contributed by atoms with Crippen LogP contribution >= 0.6 is 22.9 Å². The van der Waals surface area contributed by atoms with Crippen molar-refractivity contribution in [1.29, 1.82) is 0 Å². The largest absolute Gasteiger partial charge is 0.497 e. The van der Waals surface area contributed by atoms with Gasteiger partial charge in [-0.25, -0.2) is 4.98 Å². The molecule has 0 N–H and O–H groups in total. The summed E-state index contributed by atoms with van der Waals surface area (Å²) in [5, 5.41) is 2.69. The molecule has 0 aliphatic heterocycles. The van der Waals surface area contributed by atoms with Crippen molar-refractivity contribution in [1.82, 2.24) is 14.3 Å². The molecule has 5 rings (SSSR count). The van der Waals surface area contributed by atoms with E-state index in [1.54, 1.807) is 17.6 Å². The molecule has 0 atom stereocenters. The van der Waals surface area contributed by atoms with Crippen molar-refractivity contribution < 1.29 is 4.74 Å². The quantitative estimate of drug-likeness (QED) is 0.251. The Hall–Kier alpha value is -3.45. The lowest BCUT2D eigenvalue weighted by Crippen LogP contribution is -2.25. The zero-order valence-electron chi connectivity index (χ0n) is 19.2. The Bertz CT molecular complexity index is 1480. The SMILES string of the molecule is COc1ccc(-c2csc3nc(CN(Cc4ccccc4)Cc4ccc(Cl)cc4)cc(=O)n23)cc1. The number of benzene rings is 3. The number of aromatic nitrogens is 2. The number of hydrogen-bond donors (Lipinski definition) is 0. The van der Waals surface area contributed by atoms with Gasteiger partial charge in [0, 0.05) is 36.1 Å². The van der Waals surface area contributed by atoms with Crippen molar-refractivity contribution in [3.8, 4) is 17.0 Å². The van der Waals surface area contributed by atoms with Crippen molar-refractivity contribution in [3.05, 3.63) is 123 Å². The average Bonchev–Trinajstić information content (AvgIpc) is 3.31. The third-order valence-corrected chi connectivity index (χ3v) is 6.88. The van der Waals surface area contributed by atoms with Gasteiger partial charge in [-0.2, -0.15) is 0 Å². The summed E-state index contributed by atoms with van der Waals surface area (Å²) in [6, 6.07) is 27.5. The fourth-order valence-corrected chi connectivity index (χ4v) is 5.14. The highest BCUT2D eigenvalue weighted by Gasteiger charge is 2.14. The molecule has 2 aromatic heterocycles. The third-order valence-electron chi connectivity index (χ3n) is 5.80. The second-order valence-electron chi connectivity index (χ2n) is 8.31. The molecule has 176 valence electrons. The maximum absolute atomic E-state index is 13.2. The summed E-state index contributed by atoms with van der Waals surface area (Å²) in [5.74, 6) is 0.778. The molecule has 35 heavy (non-hydrogen) atoms. The van der Waals surface area contributed by atoms with Gasteiger partial charge in [0.15, 0.2) is 4.96 Å². The Labute approximate surface area is 212 Å². The van der Waals surface area contributed by atoms with Gasteiger partial charge in [0.05, 0.1) is 18.5 Å². The fourth-order valence-electron chi connectivity index (χ4n) is 4.09. The predicted octanol–water partition coefficient (Wildman–Crippen LogP) is 6.29. The minimum absolute atomic E-state index is 0.0803. The van der Waals surface area contributed by atoms with Crippen LogP contribution < -0.4 is 10.3 Å². The second kappa shape index (κ2) is 10.4. The van der Waals surface area contributed by atoms with Crippen LogP contribution in [0.15, 0.2) is 95.1 Å². The van der Waals surface area contributed by atoms with Crippen LogP contribution in [-0.4, -0.2) is 21.4 Å². The first kappa shape index (κ1) is 23.3. The summed E-state index contributed by atoms with van der Waals surface area (Å²) in [6.45, 7) is 2.01. The number of fused-ring (bicyclic) bond motifs is 1. The molecular weight excluding hydrogens is 478 g/mol. The topological polar surface area (TPSA) is 46.8 Å². The van der Waals surface area contributed by atoms with E-state index in [1.165, 1.54) is 16.9 Å². The van der Waals surface area contributed by atoms with E-state index in [0.29, 0.717) is 23.1 Å². The minimum atomic E-state index is -0.0803. The van der Waals surface area contributed by atoms with Crippen molar-refractivity contribution in [3.63, 3.8) is 0 Å². The standard InChI is InChI=1S/C28H24ClN3O2S/c1-34-25-13-9-22(10-14-25)26-19-35-28-30-24(15-27(33)32(26)28)18-31(16-20-5-3-2-4-6-20)17-21-7-11-23(29)12-8-21/h2-15,19H,16-18H2,1H3. The molecule has 0 bridgehead atoms. The molecule has 0 spiro atoms. The summed E-state index contributed by atoms with van der Waals surface area (Å²) < 4.78 is 6.93. The van der Waals surface area contributed by atoms with Crippen LogP contribution in [0.5, 0.6) is 5.75 Å². The van der Waals surface area contributed by atoms with E-state index in [4.69, 9.17) is 21.3 Å². The molecule has 0 unspecified atom stereocenters. The second-order valence-corrected chi connectivity index (χ2v) is 9.58. The lowest BCUT2D eigenvalue weighted by molar-refractivity contribution is 0.245. The maximum Gasteiger partial charge on any atom is 0.259 e. The van der Waals surface area contributed by atoms with Crippen LogP contribution in [0.4, 0.5) is 0 Å². The zero-order chi connectivity index (χ0) is 24.2. The average molecular weight is 502 g/mol. The monoisotopic (exact) mass is 501 g/mol. The summed E-state index contributed by atoms with van der Waals surface area (Å²) in [7, 11) is 1.64. The number of halogens is 1. The van der Waals surface area contributed by atoms with Gasteiger partial charge in [-0.3, -0.25) is 14.1 Å². The van der Waals surface area contributed by atoms with E-state index >= 15 is 0 Å². The van der Waals surface area contributed by atoms with Gasteiger partial charge in [0.1, 0.15) is 5.75 Å². The van der Waals surface area contributed by atoms with Crippen LogP contribution in [0.2, 0.25) is 5.02 Å². The first-order chi connectivity index (χ1) is 17.1. The molecule has 0 amide bonds. The third kappa shape index (κ3) is 5.46. The van der Waals surface area contributed by atoms with Gasteiger partial charge < -0.3 is 4.74 Å². The molecule has 2 heterocycles. The van der Waals surface area contributed by atoms with Gasteiger partial charge in [0.2, 0.25) is 0 Å². The first-order valence-electron chi connectivity index (χ1n) is 11.2. The van der Waals surface area contributed by atoms with E-state index in [9.17, 15) is 4.79 Å². The normalized spacial score (nSPS) is 11.3. The van der Waals surface area contributed by atoms with Crippen molar-refractivity contribution >= 4 is 27.9 Å². The van der Waals surface area contributed by atoms with Crippen LogP contribution in [-0.2, 0) is 19.6 Å². The van der Waals surface area contributed by atoms with Crippen LogP contribution in [0, 0.1) is 0 Å². The van der Waals surface area contributed by atoms with Gasteiger partial charge >= 0.3 is 0 Å². The van der Waals surface area contributed by atoms with Crippen molar-refractivity contribution in [2.45, 2.75) is 19.6 Å². The highest BCUT2D eigenvalue weighted by molar-refractivity contribution is 7.15. The Morgan fingerprint density at radius 1 is 0.914 bits per heavy atom. The summed E-state index contributed by atoms with van der Waals surface area (Å²) in [4.78, 5) is 21.0. The number of ether oxygens (including phenoxy) is 1. The lowest BCUT2D eigenvalue weighted by Gasteiger charge is -2.22. The smallest absolute Gasteiger partial charge is 0.259 e. The number of thiazole rings is 1. The highest BCUT2D eigenvalue weighted by Crippen LogP contribution is 2.26. The van der Waals surface area contributed by atoms with Crippen molar-refractivity contribution in [2.24, 2.45) is 0 Å². The van der Waals surface area contributed by atoms with Crippen LogP contribution in [0.3, 0.4) is 0 Å². The van der Waals surface area contributed by atoms with Gasteiger partial charge in [-0.1, -0.05) is 54.1 Å². The van der Waals surface area contributed by atoms with E-state index in [0.717, 1.165) is 34.8 Å². The van der Waals surface area contributed by atoms with Crippen molar-refractivity contribution in [2.75, 3.05) is 7.11 Å². The Balaban J connectivity index is 1.44. The zero-order valence-corrected chi connectivity index (χ0v) is 20.8. The number of rotatable bonds is 8. The predicted molar refractivity (Wildman–Crippen MR) is 142 cm³/mol. The number of nitrogens with zero attached hydrogens (tertiary/aromatic N) is 3. The molecule has 0 saturated heterocycles. The van der Waals surface area contributed by atoms with Crippen LogP contribution in [0.25, 0.3) is 16.2 Å². The van der Waals surface area contributed by atoms with Gasteiger partial charge in [-0.05, 0) is 53.1 Å². The van der Waals surface area contributed by atoms with Gasteiger partial charge in [0.25, 0.3) is 5.56 Å². The first-order valence-corrected chi connectivity index (χ1v) is 12.5. The fraction of sp³-hybridized carbons (Fsp3) is 0.143. The minimum Gasteiger partial charge on any atom is -0.497 e. The molecule has 0 radical (unpaired) electrons. The van der Waals surface area contributed by atoms with Gasteiger partial charge in [-0.15, -0.1) is 11.3 Å². The van der Waals surface area contributed by atoms with E-state index in [-0.39, 0.29) is 5.56 Å². The molecule has 0 aliphatic carbocycles. The molecular formula is C28H24ClN3O2S. The van der Waals surface area contributed by atoms with E-state index in [1.807, 2.05) is 72.1 Å². The molecule has 3 aromatic carbocycles. The van der Waals surface area contributed by atoms with Crippen LogP contribution in [0.1, 0.15) is 16.8 Å². The number of methoxy groups -OCH3 is 1. The molecule has 5 nitrogen and oxygen atoms in total. The molecule has 0 saturated carbocycles. The highest BCUT2D eigenvalue weighted by atomic mass is 35.5. The Morgan fingerprint density at radius 2 is 1.60 bits per heavy atom. The Morgan fingerprint density at radius 3 is 2.29 bits per heavy atom. The summed E-state index contributed by atoms with van der Waals surface area (Å²) >= 11 is 7.55. The molecule has 0 aliphatic rings.